The van der Waals surface area contributed by atoms with Crippen molar-refractivity contribution in [3.8, 4) is 0 Å². The molecule has 0 aliphatic carbocycles. The van der Waals surface area contributed by atoms with Gasteiger partial charge in [0.15, 0.2) is 0 Å². The predicted octanol–water partition coefficient (Wildman–Crippen LogP) is 0.836. The summed E-state index contributed by atoms with van der Waals surface area (Å²) in [4.78, 5) is 10.2. The van der Waals surface area contributed by atoms with Crippen molar-refractivity contribution in [1.82, 2.24) is 5.32 Å². The van der Waals surface area contributed by atoms with E-state index in [1.165, 1.54) is 6.92 Å². The minimum absolute atomic E-state index is 0.159. The molecule has 0 aromatic rings. The van der Waals surface area contributed by atoms with Crippen molar-refractivity contribution in [1.29, 1.82) is 0 Å². The number of carbonyl (C=O) groups is 1. The number of hydrogen-bond acceptors (Lipinski definition) is 1. The Morgan fingerprint density at radius 3 is 2.22 bits per heavy atom. The molecule has 0 atom stereocenters. The van der Waals surface area contributed by atoms with Crippen LogP contribution in [0.3, 0.4) is 0 Å². The minimum atomic E-state index is -2.55. The molecule has 0 fully saturated rings. The Balaban J connectivity index is 3.39. The van der Waals surface area contributed by atoms with E-state index in [0.717, 1.165) is 0 Å². The lowest BCUT2D eigenvalue weighted by molar-refractivity contribution is -0.118. The van der Waals surface area contributed by atoms with Gasteiger partial charge in [-0.2, -0.15) is 0 Å². The third-order valence-corrected chi connectivity index (χ3v) is 1.78. The van der Waals surface area contributed by atoms with Gasteiger partial charge in [-0.3, -0.25) is 4.79 Å². The highest BCUT2D eigenvalue weighted by atomic mass is 28.4. The molecule has 0 aromatic carbocycles. The monoisotopic (exact) mass is 149 g/mol. The van der Waals surface area contributed by atoms with Crippen LogP contribution < -0.4 is 5.32 Å². The molecule has 0 aliphatic rings. The minimum Gasteiger partial charge on any atom is -0.356 e. The normalized spacial score (nSPS) is 11.1. The second kappa shape index (κ2) is 2.96. The van der Waals surface area contributed by atoms with E-state index in [1.807, 2.05) is 0 Å². The predicted molar refractivity (Wildman–Crippen MR) is 37.3 cm³/mol. The Hall–Kier alpha value is -0.383. The number of rotatable bonds is 2. The largest absolute Gasteiger partial charge is 0.356 e. The third kappa shape index (κ3) is 7.62. The third-order valence-electron chi connectivity index (χ3n) is 0.758. The first-order valence-electron chi connectivity index (χ1n) is 2.85. The van der Waals surface area contributed by atoms with Crippen molar-refractivity contribution in [2.45, 2.75) is 20.0 Å². The highest BCUT2D eigenvalue weighted by Crippen LogP contribution is 1.99. The second-order valence-corrected chi connectivity index (χ2v) is 6.42. The lowest BCUT2D eigenvalue weighted by atomic mass is 10.7. The van der Waals surface area contributed by atoms with Crippen LogP contribution in [0, 0.1) is 0 Å². The van der Waals surface area contributed by atoms with Crippen LogP contribution >= 0.6 is 0 Å². The van der Waals surface area contributed by atoms with E-state index in [9.17, 15) is 8.90 Å². The number of amides is 1. The van der Waals surface area contributed by atoms with Crippen LogP contribution in [0.4, 0.5) is 4.11 Å². The standard InChI is InChI=1S/C5H12FNOSi/c1-5(8)7-4-9(2,3)6/h4H2,1-3H3,(H,7,8). The first kappa shape index (κ1) is 8.62. The molecule has 0 bridgehead atoms. The highest BCUT2D eigenvalue weighted by molar-refractivity contribution is 6.70. The number of nitrogens with one attached hydrogen (secondary N) is 1. The molecular weight excluding hydrogens is 137 g/mol. The summed E-state index contributed by atoms with van der Waals surface area (Å²) in [6.07, 6.45) is 0.225. The fourth-order valence-corrected chi connectivity index (χ4v) is 1.00. The molecule has 0 spiro atoms. The SMILES string of the molecule is CC(=O)NC[Si](C)(C)F. The van der Waals surface area contributed by atoms with Crippen molar-refractivity contribution in [2.24, 2.45) is 0 Å². The summed E-state index contributed by atoms with van der Waals surface area (Å²) in [5.41, 5.74) is 0. The van der Waals surface area contributed by atoms with Crippen molar-refractivity contribution in [2.75, 3.05) is 6.17 Å². The molecule has 0 saturated heterocycles. The average molecular weight is 149 g/mol. The Morgan fingerprint density at radius 2 is 2.11 bits per heavy atom. The van der Waals surface area contributed by atoms with E-state index in [-0.39, 0.29) is 12.1 Å². The van der Waals surface area contributed by atoms with Crippen LogP contribution in [-0.4, -0.2) is 20.5 Å². The summed E-state index contributed by atoms with van der Waals surface area (Å²) in [5, 5.41) is 2.43. The second-order valence-electron chi connectivity index (χ2n) is 2.63. The highest BCUT2D eigenvalue weighted by Gasteiger charge is 2.19. The molecule has 2 nitrogen and oxygen atoms in total. The van der Waals surface area contributed by atoms with Gasteiger partial charge in [0.2, 0.25) is 5.91 Å². The molecule has 0 radical (unpaired) electrons. The van der Waals surface area contributed by atoms with Gasteiger partial charge in [-0.25, -0.2) is 0 Å². The van der Waals surface area contributed by atoms with Crippen LogP contribution in [-0.2, 0) is 4.79 Å². The van der Waals surface area contributed by atoms with Crippen molar-refractivity contribution in [3.63, 3.8) is 0 Å². The van der Waals surface area contributed by atoms with E-state index in [0.29, 0.717) is 0 Å². The average Bonchev–Trinajstić information content (AvgIpc) is 1.59. The van der Waals surface area contributed by atoms with Crippen molar-refractivity contribution >= 4 is 14.3 Å². The molecular formula is C5H12FNOSi. The van der Waals surface area contributed by atoms with Gasteiger partial charge >= 0.3 is 0 Å². The van der Waals surface area contributed by atoms with Gasteiger partial charge in [0.05, 0.1) is 0 Å². The number of halogens is 1. The van der Waals surface area contributed by atoms with Gasteiger partial charge in [-0.1, -0.05) is 0 Å². The Morgan fingerprint density at radius 1 is 1.67 bits per heavy atom. The summed E-state index contributed by atoms with van der Waals surface area (Å²) < 4.78 is 12.7. The maximum atomic E-state index is 12.7. The first-order valence-corrected chi connectivity index (χ1v) is 5.94. The molecule has 0 rings (SSSR count). The number of carbonyl (C=O) groups excluding carboxylic acids is 1. The molecule has 0 saturated carbocycles. The summed E-state index contributed by atoms with van der Waals surface area (Å²) in [6.45, 7) is 4.51. The zero-order valence-electron chi connectivity index (χ0n) is 5.99. The van der Waals surface area contributed by atoms with Gasteiger partial charge in [0.25, 0.3) is 8.41 Å². The fourth-order valence-electron chi connectivity index (χ4n) is 0.335. The molecule has 9 heavy (non-hydrogen) atoms. The lowest BCUT2D eigenvalue weighted by Crippen LogP contribution is -2.37. The molecule has 0 heterocycles. The van der Waals surface area contributed by atoms with Crippen LogP contribution in [0.25, 0.3) is 0 Å². The van der Waals surface area contributed by atoms with Gasteiger partial charge in [0, 0.05) is 13.1 Å². The van der Waals surface area contributed by atoms with Gasteiger partial charge in [-0.05, 0) is 13.1 Å². The number of hydrogen-bond donors (Lipinski definition) is 1. The van der Waals surface area contributed by atoms with E-state index in [2.05, 4.69) is 5.32 Å². The van der Waals surface area contributed by atoms with E-state index in [4.69, 9.17) is 0 Å². The Bertz CT molecular complexity index is 110. The maximum Gasteiger partial charge on any atom is 0.259 e. The van der Waals surface area contributed by atoms with Crippen LogP contribution in [0.2, 0.25) is 13.1 Å². The molecule has 0 unspecified atom stereocenters. The van der Waals surface area contributed by atoms with E-state index < -0.39 is 8.41 Å². The molecule has 54 valence electrons. The molecule has 1 amide bonds. The van der Waals surface area contributed by atoms with Crippen LogP contribution in [0.15, 0.2) is 0 Å². The molecule has 4 heteroatoms. The molecule has 1 N–H and O–H groups in total. The van der Waals surface area contributed by atoms with E-state index in [1.54, 1.807) is 13.1 Å². The maximum absolute atomic E-state index is 12.7. The van der Waals surface area contributed by atoms with Crippen LogP contribution in [0.5, 0.6) is 0 Å². The van der Waals surface area contributed by atoms with Gasteiger partial charge < -0.3 is 9.42 Å². The lowest BCUT2D eigenvalue weighted by Gasteiger charge is -2.09. The first-order chi connectivity index (χ1) is 3.92. The molecule has 0 aromatic heterocycles. The Kier molecular flexibility index (Phi) is 2.83. The topological polar surface area (TPSA) is 29.1 Å². The smallest absolute Gasteiger partial charge is 0.259 e. The quantitative estimate of drug-likeness (QED) is 0.457. The summed E-state index contributed by atoms with van der Waals surface area (Å²) in [5.74, 6) is -0.159. The molecule has 0 aliphatic heterocycles. The van der Waals surface area contributed by atoms with Gasteiger partial charge in [-0.15, -0.1) is 0 Å². The fraction of sp³-hybridized carbons (Fsp3) is 0.800. The zero-order chi connectivity index (χ0) is 7.49. The van der Waals surface area contributed by atoms with Crippen LogP contribution in [0.1, 0.15) is 6.92 Å². The van der Waals surface area contributed by atoms with Crippen molar-refractivity contribution in [3.05, 3.63) is 0 Å². The zero-order valence-corrected chi connectivity index (χ0v) is 6.99. The summed E-state index contributed by atoms with van der Waals surface area (Å²) in [6, 6.07) is 0. The summed E-state index contributed by atoms with van der Waals surface area (Å²) in [7, 11) is -2.55. The Labute approximate surface area is 55.6 Å². The summed E-state index contributed by atoms with van der Waals surface area (Å²) >= 11 is 0. The van der Waals surface area contributed by atoms with Gasteiger partial charge in [0.1, 0.15) is 0 Å². The van der Waals surface area contributed by atoms with Crippen molar-refractivity contribution < 1.29 is 8.90 Å². The van der Waals surface area contributed by atoms with E-state index >= 15 is 0 Å².